The summed E-state index contributed by atoms with van der Waals surface area (Å²) in [6, 6.07) is 10.0. The molecule has 0 fully saturated rings. The number of pyridine rings is 2. The van der Waals surface area contributed by atoms with Crippen LogP contribution in [0.3, 0.4) is 0 Å². The van der Waals surface area contributed by atoms with Crippen molar-refractivity contribution in [1.29, 1.82) is 0 Å². The van der Waals surface area contributed by atoms with Crippen LogP contribution in [0, 0.1) is 0 Å². The van der Waals surface area contributed by atoms with Crippen molar-refractivity contribution < 1.29 is 0 Å². The lowest BCUT2D eigenvalue weighted by atomic mass is 9.84. The van der Waals surface area contributed by atoms with E-state index in [0.717, 1.165) is 4.57 Å². The number of rotatable bonds is 0. The zero-order valence-corrected chi connectivity index (χ0v) is 20.4. The van der Waals surface area contributed by atoms with Gasteiger partial charge in [-0.25, -0.2) is 0 Å². The average Bonchev–Trinajstić information content (AvgIpc) is 3.14. The van der Waals surface area contributed by atoms with Crippen LogP contribution in [0.5, 0.6) is 0 Å². The summed E-state index contributed by atoms with van der Waals surface area (Å²) < 4.78 is 1.03. The van der Waals surface area contributed by atoms with Crippen molar-refractivity contribution in [3.05, 3.63) is 104 Å². The fraction of sp³-hybridized carbons (Fsp3) is 0.0667. The van der Waals surface area contributed by atoms with Crippen LogP contribution >= 0.6 is 0 Å². The molecule has 0 saturated carbocycles. The van der Waals surface area contributed by atoms with Crippen LogP contribution < -0.4 is 38.6 Å². The Morgan fingerprint density at radius 3 is 1.69 bits per heavy atom. The highest BCUT2D eigenvalue weighted by Crippen LogP contribution is 2.45. The third kappa shape index (κ3) is 2.32. The summed E-state index contributed by atoms with van der Waals surface area (Å²) in [5, 5.41) is 6.47. The van der Waals surface area contributed by atoms with Gasteiger partial charge in [0, 0.05) is 39.2 Å². The van der Waals surface area contributed by atoms with Gasteiger partial charge in [0.25, 0.3) is 33.4 Å². The van der Waals surface area contributed by atoms with Crippen molar-refractivity contribution in [2.24, 2.45) is 7.05 Å². The van der Waals surface area contributed by atoms with Crippen LogP contribution in [-0.2, 0) is 7.05 Å². The van der Waals surface area contributed by atoms with Gasteiger partial charge in [-0.15, -0.1) is 0 Å². The molecule has 0 aliphatic heterocycles. The molecule has 8 aromatic rings. The number of nitrogens with zero attached hydrogens (tertiary/aromatic N) is 1. The first-order chi connectivity index (χ1) is 18.7. The van der Waals surface area contributed by atoms with Gasteiger partial charge in [-0.1, -0.05) is 18.2 Å². The molecule has 2 N–H and O–H groups in total. The molecule has 0 aliphatic carbocycles. The van der Waals surface area contributed by atoms with Crippen molar-refractivity contribution in [3.63, 3.8) is 0 Å². The molecule has 5 aromatic carbocycles. The van der Waals surface area contributed by atoms with Gasteiger partial charge in [0.15, 0.2) is 0 Å². The zero-order valence-electron chi connectivity index (χ0n) is 20.4. The Kier molecular flexibility index (Phi) is 3.72. The predicted molar refractivity (Wildman–Crippen MR) is 153 cm³/mol. The summed E-state index contributed by atoms with van der Waals surface area (Å²) in [7, 11) is 1.40. The van der Waals surface area contributed by atoms with E-state index in [2.05, 4.69) is 9.97 Å². The Balaban J connectivity index is 1.92. The summed E-state index contributed by atoms with van der Waals surface area (Å²) in [5.41, 5.74) is -3.18. The third-order valence-electron chi connectivity index (χ3n) is 8.19. The summed E-state index contributed by atoms with van der Waals surface area (Å²) in [6.07, 6.45) is 1.63. The highest BCUT2D eigenvalue weighted by atomic mass is 16.2. The Morgan fingerprint density at radius 2 is 1.00 bits per heavy atom. The predicted octanol–water partition coefficient (Wildman–Crippen LogP) is 1.75. The Bertz CT molecular complexity index is 2860. The van der Waals surface area contributed by atoms with Gasteiger partial charge in [0.2, 0.25) is 0 Å². The van der Waals surface area contributed by atoms with E-state index < -0.39 is 33.4 Å². The number of aromatic nitrogens is 3. The van der Waals surface area contributed by atoms with E-state index in [1.54, 1.807) is 49.4 Å². The molecule has 9 heteroatoms. The van der Waals surface area contributed by atoms with Crippen molar-refractivity contribution >= 4 is 81.5 Å². The fourth-order valence-electron chi connectivity index (χ4n) is 6.55. The Morgan fingerprint density at radius 1 is 0.513 bits per heavy atom. The van der Waals surface area contributed by atoms with Gasteiger partial charge in [0.1, 0.15) is 0 Å². The molecular weight excluding hydrogens is 498 g/mol. The van der Waals surface area contributed by atoms with Gasteiger partial charge in [0.05, 0.1) is 10.8 Å². The maximum absolute atomic E-state index is 13.3. The number of H-pyrrole nitrogens is 2. The van der Waals surface area contributed by atoms with E-state index in [0.29, 0.717) is 64.5 Å². The highest BCUT2D eigenvalue weighted by molar-refractivity contribution is 6.43. The van der Waals surface area contributed by atoms with Gasteiger partial charge < -0.3 is 0 Å². The minimum atomic E-state index is -0.592. The lowest BCUT2D eigenvalue weighted by Gasteiger charge is -2.18. The van der Waals surface area contributed by atoms with E-state index in [-0.39, 0.29) is 16.2 Å². The second-order valence-corrected chi connectivity index (χ2v) is 9.95. The van der Waals surface area contributed by atoms with Crippen molar-refractivity contribution in [2.45, 2.75) is 6.92 Å². The van der Waals surface area contributed by atoms with E-state index in [1.807, 2.05) is 0 Å². The van der Waals surface area contributed by atoms with E-state index in [4.69, 9.17) is 0 Å². The lowest BCUT2D eigenvalue weighted by molar-refractivity contribution is 0.857. The van der Waals surface area contributed by atoms with Crippen molar-refractivity contribution in [2.75, 3.05) is 0 Å². The molecule has 0 saturated heterocycles. The van der Waals surface area contributed by atoms with E-state index in [1.165, 1.54) is 7.05 Å². The maximum Gasteiger partial charge on any atom is 0.261 e. The van der Waals surface area contributed by atoms with E-state index in [9.17, 15) is 28.8 Å². The first-order valence-electron chi connectivity index (χ1n) is 12.2. The van der Waals surface area contributed by atoms with Crippen molar-refractivity contribution in [3.8, 4) is 0 Å². The summed E-state index contributed by atoms with van der Waals surface area (Å²) in [6.45, 7) is 1.70. The molecule has 186 valence electrons. The smallest absolute Gasteiger partial charge is 0.261 e. The molecular formula is C30H15N3O6. The molecule has 0 aliphatic rings. The topological polar surface area (TPSA) is 139 Å². The fourth-order valence-corrected chi connectivity index (χ4v) is 6.55. The summed E-state index contributed by atoms with van der Waals surface area (Å²) >= 11 is 0. The number of hydrogen-bond acceptors (Lipinski definition) is 6. The monoisotopic (exact) mass is 513 g/mol. The average molecular weight is 513 g/mol. The standard InChI is InChI=1S/C30H15N3O6/c1-3-10-19-13(26(35)31-25(10)34)6-4-11-12-5-7-14-21-17(28(37)32-27(14)36)8-16-22(24(12)21)15(20(11)19)9-18-23(16)30(39)33(2)29(18)38/h3-9H,1-2H3,(H,31,34,35)(H,32,36,37)/b10-3+. The van der Waals surface area contributed by atoms with Crippen LogP contribution in [0.15, 0.2) is 65.2 Å². The van der Waals surface area contributed by atoms with E-state index >= 15 is 0 Å². The molecule has 8 rings (SSSR count). The third-order valence-corrected chi connectivity index (χ3v) is 8.19. The number of aromatic amines is 2. The van der Waals surface area contributed by atoms with Crippen LogP contribution in [0.4, 0.5) is 0 Å². The molecule has 3 heterocycles. The Labute approximate surface area is 213 Å². The highest BCUT2D eigenvalue weighted by Gasteiger charge is 2.25. The number of hydrogen-bond donors (Lipinski definition) is 2. The second-order valence-electron chi connectivity index (χ2n) is 9.95. The van der Waals surface area contributed by atoms with Crippen LogP contribution in [-0.4, -0.2) is 14.5 Å². The minimum absolute atomic E-state index is 0.167. The molecule has 9 nitrogen and oxygen atoms in total. The first-order valence-corrected chi connectivity index (χ1v) is 12.2. The quantitative estimate of drug-likeness (QED) is 0.234. The number of benzene rings is 5. The van der Waals surface area contributed by atoms with Gasteiger partial charge in [-0.3, -0.25) is 43.3 Å². The van der Waals surface area contributed by atoms with Crippen LogP contribution in [0.2, 0.25) is 0 Å². The largest absolute Gasteiger partial charge is 0.288 e. The molecule has 3 aromatic heterocycles. The van der Waals surface area contributed by atoms with Gasteiger partial charge in [-0.05, 0) is 68.9 Å². The molecule has 39 heavy (non-hydrogen) atoms. The van der Waals surface area contributed by atoms with Crippen LogP contribution in [0.1, 0.15) is 6.92 Å². The van der Waals surface area contributed by atoms with Crippen molar-refractivity contribution in [1.82, 2.24) is 14.5 Å². The van der Waals surface area contributed by atoms with Gasteiger partial charge in [-0.2, -0.15) is 0 Å². The molecule has 0 bridgehead atoms. The SMILES string of the molecule is C/C=c1/c(=O)[nH]c(=O)c2ccc3c4ccc5c(=O)[nH]c(=O)c6cc7c8c(=O)n(C)c(=O)c8cc(c3c12)c7c4c56. The lowest BCUT2D eigenvalue weighted by Crippen LogP contribution is -2.34. The number of nitrogens with one attached hydrogen (secondary N) is 2. The molecule has 0 spiro atoms. The summed E-state index contributed by atoms with van der Waals surface area (Å²) in [5.74, 6) is 0. The molecule has 0 radical (unpaired) electrons. The number of fused-ring (bicyclic) bond motifs is 7. The molecule has 0 unspecified atom stereocenters. The summed E-state index contributed by atoms with van der Waals surface area (Å²) in [4.78, 5) is 82.9. The minimum Gasteiger partial charge on any atom is -0.288 e. The molecule has 0 amide bonds. The second kappa shape index (κ2) is 6.70. The normalized spacial score (nSPS) is 13.1. The van der Waals surface area contributed by atoms with Gasteiger partial charge >= 0.3 is 0 Å². The first kappa shape index (κ1) is 21.6. The zero-order chi connectivity index (χ0) is 27.1. The maximum atomic E-state index is 13.3. The molecule has 0 atom stereocenters. The van der Waals surface area contributed by atoms with Crippen LogP contribution in [0.25, 0.3) is 81.5 Å². The Hall–Kier alpha value is -5.44.